The number of nitrogens with zero attached hydrogens (tertiary/aromatic N) is 4. The zero-order chi connectivity index (χ0) is 20.1. The van der Waals surface area contributed by atoms with Crippen molar-refractivity contribution in [1.29, 1.82) is 0 Å². The van der Waals surface area contributed by atoms with Crippen molar-refractivity contribution in [3.63, 3.8) is 0 Å². The average molecular weight is 383 g/mol. The normalized spacial score (nSPS) is 10.2. The van der Waals surface area contributed by atoms with E-state index in [9.17, 15) is 19.3 Å². The summed E-state index contributed by atoms with van der Waals surface area (Å²) in [5.74, 6) is -1.09. The van der Waals surface area contributed by atoms with Crippen LogP contribution in [0.5, 0.6) is 0 Å². The Balaban J connectivity index is 1.80. The number of amides is 1. The Hall–Kier alpha value is -4.15. The number of hydrogen-bond acceptors (Lipinski definition) is 8. The lowest BCUT2D eigenvalue weighted by atomic mass is 10.2. The molecule has 0 fully saturated rings. The molecule has 2 aromatic heterocycles. The molecule has 0 atom stereocenters. The van der Waals surface area contributed by atoms with Crippen molar-refractivity contribution in [2.45, 2.75) is 6.92 Å². The van der Waals surface area contributed by atoms with Gasteiger partial charge in [-0.1, -0.05) is 6.07 Å². The van der Waals surface area contributed by atoms with Gasteiger partial charge in [-0.3, -0.25) is 25.8 Å². The van der Waals surface area contributed by atoms with Gasteiger partial charge in [-0.2, -0.15) is 0 Å². The molecule has 0 unspecified atom stereocenters. The standard InChI is InChI=1S/C17H14FN7O3/c1-10-2-7-13(19-8-10)22-15-14(25(27)28)16(21-9-20-15)23-24-17(26)11-3-5-12(18)6-4-11/h2-9H,1H3,(H,24,26)(H2,19,20,21,22,23). The molecule has 1 amide bonds. The highest BCUT2D eigenvalue weighted by molar-refractivity contribution is 5.95. The summed E-state index contributed by atoms with van der Waals surface area (Å²) in [5.41, 5.74) is 5.28. The number of hydrogen-bond donors (Lipinski definition) is 3. The molecule has 0 radical (unpaired) electrons. The van der Waals surface area contributed by atoms with E-state index in [1.54, 1.807) is 18.3 Å². The summed E-state index contributed by atoms with van der Waals surface area (Å²) in [6.45, 7) is 1.86. The Morgan fingerprint density at radius 1 is 1.07 bits per heavy atom. The molecule has 0 bridgehead atoms. The first-order chi connectivity index (χ1) is 13.4. The number of nitrogens with one attached hydrogen (secondary N) is 3. The van der Waals surface area contributed by atoms with Gasteiger partial charge in [0.05, 0.1) is 4.92 Å². The number of nitro groups is 1. The van der Waals surface area contributed by atoms with Crippen LogP contribution in [-0.4, -0.2) is 25.8 Å². The molecule has 0 saturated heterocycles. The molecule has 3 N–H and O–H groups in total. The largest absolute Gasteiger partial charge is 0.355 e. The van der Waals surface area contributed by atoms with Crippen molar-refractivity contribution >= 4 is 29.0 Å². The van der Waals surface area contributed by atoms with Crippen molar-refractivity contribution in [1.82, 2.24) is 20.4 Å². The second-order valence-electron chi connectivity index (χ2n) is 5.61. The number of aryl methyl sites for hydroxylation is 1. The molecular formula is C17H14FN7O3. The number of aromatic nitrogens is 3. The number of carbonyl (C=O) groups is 1. The van der Waals surface area contributed by atoms with Crippen molar-refractivity contribution in [3.8, 4) is 0 Å². The summed E-state index contributed by atoms with van der Waals surface area (Å²) in [6.07, 6.45) is 2.69. The van der Waals surface area contributed by atoms with Crippen LogP contribution in [0.3, 0.4) is 0 Å². The Kier molecular flexibility index (Phi) is 5.35. The van der Waals surface area contributed by atoms with Gasteiger partial charge in [0.15, 0.2) is 0 Å². The molecule has 2 heterocycles. The van der Waals surface area contributed by atoms with Crippen molar-refractivity contribution in [2.24, 2.45) is 0 Å². The minimum atomic E-state index is -0.692. The molecule has 0 aliphatic rings. The molecular weight excluding hydrogens is 369 g/mol. The van der Waals surface area contributed by atoms with Gasteiger partial charge in [-0.25, -0.2) is 19.3 Å². The second kappa shape index (κ2) is 8.03. The van der Waals surface area contributed by atoms with Crippen molar-refractivity contribution in [2.75, 3.05) is 10.7 Å². The lowest BCUT2D eigenvalue weighted by molar-refractivity contribution is -0.383. The molecule has 1 aromatic carbocycles. The van der Waals surface area contributed by atoms with Crippen LogP contribution in [-0.2, 0) is 0 Å². The number of halogens is 1. The maximum absolute atomic E-state index is 12.9. The second-order valence-corrected chi connectivity index (χ2v) is 5.61. The number of hydrazine groups is 1. The van der Waals surface area contributed by atoms with Crippen LogP contribution in [0.1, 0.15) is 15.9 Å². The summed E-state index contributed by atoms with van der Waals surface area (Å²) >= 11 is 0. The zero-order valence-electron chi connectivity index (χ0n) is 14.5. The number of anilines is 3. The Labute approximate surface area is 158 Å². The van der Waals surface area contributed by atoms with Crippen LogP contribution < -0.4 is 16.2 Å². The highest BCUT2D eigenvalue weighted by Crippen LogP contribution is 2.30. The Bertz CT molecular complexity index is 1010. The zero-order valence-corrected chi connectivity index (χ0v) is 14.5. The van der Waals surface area contributed by atoms with E-state index >= 15 is 0 Å². The smallest absolute Gasteiger partial charge is 0.319 e. The quantitative estimate of drug-likeness (QED) is 0.437. The number of rotatable bonds is 6. The van der Waals surface area contributed by atoms with Gasteiger partial charge in [-0.15, -0.1) is 0 Å². The molecule has 11 heteroatoms. The molecule has 10 nitrogen and oxygen atoms in total. The first kappa shape index (κ1) is 18.6. The third-order valence-electron chi connectivity index (χ3n) is 3.56. The third kappa shape index (κ3) is 4.33. The predicted octanol–water partition coefficient (Wildman–Crippen LogP) is 2.73. The van der Waals surface area contributed by atoms with Gasteiger partial charge in [0.1, 0.15) is 18.0 Å². The first-order valence-corrected chi connectivity index (χ1v) is 7.95. The van der Waals surface area contributed by atoms with Crippen LogP contribution in [0, 0.1) is 22.9 Å². The van der Waals surface area contributed by atoms with Gasteiger partial charge in [-0.05, 0) is 42.8 Å². The number of benzene rings is 1. The molecule has 142 valence electrons. The molecule has 0 aliphatic heterocycles. The van der Waals surface area contributed by atoms with Crippen LogP contribution in [0.4, 0.5) is 27.5 Å². The molecule has 3 rings (SSSR count). The summed E-state index contributed by atoms with van der Waals surface area (Å²) in [7, 11) is 0. The Morgan fingerprint density at radius 2 is 1.79 bits per heavy atom. The first-order valence-electron chi connectivity index (χ1n) is 7.95. The van der Waals surface area contributed by atoms with Crippen molar-refractivity contribution < 1.29 is 14.1 Å². The fourth-order valence-corrected chi connectivity index (χ4v) is 2.19. The number of pyridine rings is 1. The van der Waals surface area contributed by atoms with E-state index in [0.29, 0.717) is 5.82 Å². The fourth-order valence-electron chi connectivity index (χ4n) is 2.19. The highest BCUT2D eigenvalue weighted by atomic mass is 19.1. The maximum atomic E-state index is 12.9. The van der Waals surface area contributed by atoms with Crippen molar-refractivity contribution in [3.05, 3.63) is 76.0 Å². The van der Waals surface area contributed by atoms with E-state index in [4.69, 9.17) is 0 Å². The van der Waals surface area contributed by atoms with Gasteiger partial charge < -0.3 is 5.32 Å². The monoisotopic (exact) mass is 383 g/mol. The summed E-state index contributed by atoms with van der Waals surface area (Å²) < 4.78 is 12.9. The van der Waals surface area contributed by atoms with E-state index in [1.807, 2.05) is 6.92 Å². The summed E-state index contributed by atoms with van der Waals surface area (Å²) in [6, 6.07) is 8.22. The lowest BCUT2D eigenvalue weighted by Crippen LogP contribution is -2.30. The van der Waals surface area contributed by atoms with Gasteiger partial charge in [0.25, 0.3) is 5.91 Å². The van der Waals surface area contributed by atoms with E-state index in [1.165, 1.54) is 12.1 Å². The minimum absolute atomic E-state index is 0.102. The van der Waals surface area contributed by atoms with E-state index in [2.05, 4.69) is 31.1 Å². The average Bonchev–Trinajstić information content (AvgIpc) is 2.68. The van der Waals surface area contributed by atoms with Crippen LogP contribution in [0.2, 0.25) is 0 Å². The SMILES string of the molecule is Cc1ccc(Nc2ncnc(NNC(=O)c3ccc(F)cc3)c2[N+](=O)[O-])nc1. The molecule has 0 aliphatic carbocycles. The van der Waals surface area contributed by atoms with E-state index in [-0.39, 0.29) is 17.2 Å². The van der Waals surface area contributed by atoms with Gasteiger partial charge in [0.2, 0.25) is 11.6 Å². The van der Waals surface area contributed by atoms with Crippen LogP contribution >= 0.6 is 0 Å². The fraction of sp³-hybridized carbons (Fsp3) is 0.0588. The lowest BCUT2D eigenvalue weighted by Gasteiger charge is -2.10. The summed E-state index contributed by atoms with van der Waals surface area (Å²) in [4.78, 5) is 34.7. The number of carbonyl (C=O) groups excluding carboxylic acids is 1. The third-order valence-corrected chi connectivity index (χ3v) is 3.56. The van der Waals surface area contributed by atoms with E-state index < -0.39 is 22.3 Å². The van der Waals surface area contributed by atoms with Gasteiger partial charge in [0, 0.05) is 11.8 Å². The maximum Gasteiger partial charge on any atom is 0.355 e. The van der Waals surface area contributed by atoms with Gasteiger partial charge >= 0.3 is 5.69 Å². The van der Waals surface area contributed by atoms with Crippen LogP contribution in [0.15, 0.2) is 48.9 Å². The van der Waals surface area contributed by atoms with Crippen LogP contribution in [0.25, 0.3) is 0 Å². The topological polar surface area (TPSA) is 135 Å². The predicted molar refractivity (Wildman–Crippen MR) is 98.4 cm³/mol. The minimum Gasteiger partial charge on any atom is -0.319 e. The summed E-state index contributed by atoms with van der Waals surface area (Å²) in [5, 5.41) is 14.3. The highest BCUT2D eigenvalue weighted by Gasteiger charge is 2.24. The molecule has 0 saturated carbocycles. The van der Waals surface area contributed by atoms with E-state index in [0.717, 1.165) is 24.0 Å². The molecule has 28 heavy (non-hydrogen) atoms. The molecule has 0 spiro atoms. The Morgan fingerprint density at radius 3 is 2.43 bits per heavy atom. The molecule has 3 aromatic rings.